The molecule has 0 amide bonds. The van der Waals surface area contributed by atoms with Crippen LogP contribution < -0.4 is 0 Å². The molecule has 0 atom stereocenters. The average molecular weight is 400 g/mol. The number of nitrogens with one attached hydrogen (secondary N) is 2. The number of aromatic carboxylic acids is 1. The van der Waals surface area contributed by atoms with E-state index in [2.05, 4.69) is 28.2 Å². The maximum absolute atomic E-state index is 14.4. The Bertz CT molecular complexity index is 1340. The summed E-state index contributed by atoms with van der Waals surface area (Å²) in [7, 11) is 0. The number of halogens is 1. The normalized spacial score (nSPS) is 12.8. The largest absolute Gasteiger partial charge is 0.477 e. The number of carboxylic acid groups (broad SMARTS) is 1. The maximum Gasteiger partial charge on any atom is 0.352 e. The van der Waals surface area contributed by atoms with Gasteiger partial charge in [0.15, 0.2) is 0 Å². The number of carboxylic acids is 1. The van der Waals surface area contributed by atoms with Crippen LogP contribution in [0, 0.1) is 5.82 Å². The van der Waals surface area contributed by atoms with Gasteiger partial charge < -0.3 is 15.1 Å². The Balaban J connectivity index is 1.89. The van der Waals surface area contributed by atoms with Crippen molar-refractivity contribution in [3.8, 4) is 22.4 Å². The van der Waals surface area contributed by atoms with Crippen LogP contribution in [-0.2, 0) is 6.42 Å². The van der Waals surface area contributed by atoms with Crippen molar-refractivity contribution in [3.63, 3.8) is 0 Å². The Morgan fingerprint density at radius 3 is 2.77 bits per heavy atom. The van der Waals surface area contributed by atoms with Gasteiger partial charge in [-0.25, -0.2) is 9.18 Å². The molecule has 4 aromatic rings. The molecule has 0 saturated carbocycles. The summed E-state index contributed by atoms with van der Waals surface area (Å²) in [6, 6.07) is 10.8. The molecule has 30 heavy (non-hydrogen) atoms. The molecule has 0 spiro atoms. The summed E-state index contributed by atoms with van der Waals surface area (Å²) in [6.45, 7) is 4.07. The van der Waals surface area contributed by atoms with Gasteiger partial charge in [-0.15, -0.1) is 0 Å². The third-order valence-corrected chi connectivity index (χ3v) is 5.82. The first-order chi connectivity index (χ1) is 14.5. The van der Waals surface area contributed by atoms with E-state index in [1.807, 2.05) is 32.0 Å². The Labute approximate surface area is 173 Å². The van der Waals surface area contributed by atoms with E-state index >= 15 is 0 Å². The standard InChI is InChI=1S/C25H21FN2O2/c1-13(2)21-22(18-8-4-6-14-5-3-7-16(14)18)24(25(29)30)28-23(21)19-11-15(26)12-20-17(19)9-10-27-20/h3-4,6-13,27-28H,5H2,1-2H3,(H,29,30). The highest BCUT2D eigenvalue weighted by molar-refractivity contribution is 6.03. The Kier molecular flexibility index (Phi) is 4.13. The lowest BCUT2D eigenvalue weighted by Crippen LogP contribution is -2.01. The number of rotatable bonds is 4. The van der Waals surface area contributed by atoms with Crippen LogP contribution in [0.25, 0.3) is 39.4 Å². The molecule has 1 aliphatic rings. The number of hydrogen-bond acceptors (Lipinski definition) is 1. The molecule has 2 aromatic heterocycles. The van der Waals surface area contributed by atoms with Crippen molar-refractivity contribution >= 4 is 22.9 Å². The van der Waals surface area contributed by atoms with Crippen LogP contribution in [0.5, 0.6) is 0 Å². The molecule has 0 aliphatic heterocycles. The average Bonchev–Trinajstić information content (AvgIpc) is 3.43. The summed E-state index contributed by atoms with van der Waals surface area (Å²) in [5.74, 6) is -1.37. The van der Waals surface area contributed by atoms with Crippen molar-refractivity contribution < 1.29 is 14.3 Å². The fourth-order valence-electron chi connectivity index (χ4n) is 4.59. The summed E-state index contributed by atoms with van der Waals surface area (Å²) in [6.07, 6.45) is 6.75. The first-order valence-corrected chi connectivity index (χ1v) is 10.0. The van der Waals surface area contributed by atoms with Crippen LogP contribution >= 0.6 is 0 Å². The maximum atomic E-state index is 14.4. The quantitative estimate of drug-likeness (QED) is 0.373. The van der Waals surface area contributed by atoms with Gasteiger partial charge in [0, 0.05) is 28.2 Å². The van der Waals surface area contributed by atoms with Gasteiger partial charge in [-0.05, 0) is 52.8 Å². The molecular weight excluding hydrogens is 379 g/mol. The zero-order chi connectivity index (χ0) is 21.0. The minimum absolute atomic E-state index is 0.0258. The molecule has 0 unspecified atom stereocenters. The van der Waals surface area contributed by atoms with Gasteiger partial charge in [0.05, 0.1) is 5.69 Å². The van der Waals surface area contributed by atoms with E-state index in [1.54, 1.807) is 6.20 Å². The second-order valence-electron chi connectivity index (χ2n) is 8.00. The number of hydrogen-bond donors (Lipinski definition) is 3. The highest BCUT2D eigenvalue weighted by Gasteiger charge is 2.28. The summed E-state index contributed by atoms with van der Waals surface area (Å²) in [5.41, 5.74) is 6.82. The van der Waals surface area contributed by atoms with E-state index in [9.17, 15) is 14.3 Å². The minimum Gasteiger partial charge on any atom is -0.477 e. The summed E-state index contributed by atoms with van der Waals surface area (Å²) in [4.78, 5) is 18.5. The zero-order valence-electron chi connectivity index (χ0n) is 16.7. The molecule has 5 heteroatoms. The van der Waals surface area contributed by atoms with Crippen LogP contribution in [0.2, 0.25) is 0 Å². The molecule has 0 bridgehead atoms. The van der Waals surface area contributed by atoms with E-state index < -0.39 is 5.97 Å². The van der Waals surface area contributed by atoms with E-state index in [0.29, 0.717) is 22.3 Å². The van der Waals surface area contributed by atoms with Gasteiger partial charge in [-0.2, -0.15) is 0 Å². The van der Waals surface area contributed by atoms with E-state index in [0.717, 1.165) is 28.5 Å². The number of fused-ring (bicyclic) bond motifs is 2. The van der Waals surface area contributed by atoms with E-state index in [1.165, 1.54) is 17.7 Å². The highest BCUT2D eigenvalue weighted by Crippen LogP contribution is 2.44. The van der Waals surface area contributed by atoms with Gasteiger partial charge >= 0.3 is 5.97 Å². The molecule has 3 N–H and O–H groups in total. The first kappa shape index (κ1) is 18.4. The van der Waals surface area contributed by atoms with Crippen molar-refractivity contribution in [1.29, 1.82) is 0 Å². The smallest absolute Gasteiger partial charge is 0.352 e. The molecule has 2 aromatic carbocycles. The van der Waals surface area contributed by atoms with Crippen LogP contribution in [0.15, 0.2) is 48.7 Å². The molecule has 150 valence electrons. The number of H-pyrrole nitrogens is 2. The lowest BCUT2D eigenvalue weighted by atomic mass is 9.87. The van der Waals surface area contributed by atoms with E-state index in [4.69, 9.17) is 0 Å². The SMILES string of the molecule is CC(C)c1c(-c2cc(F)cc3[nH]ccc23)[nH]c(C(=O)O)c1-c1cccc2c1C=CC2. The van der Waals surface area contributed by atoms with Gasteiger partial charge in [0.25, 0.3) is 0 Å². The van der Waals surface area contributed by atoms with Crippen molar-refractivity contribution in [2.75, 3.05) is 0 Å². The number of aromatic nitrogens is 2. The lowest BCUT2D eigenvalue weighted by Gasteiger charge is -2.15. The van der Waals surface area contributed by atoms with Crippen molar-refractivity contribution in [3.05, 3.63) is 76.9 Å². The van der Waals surface area contributed by atoms with Crippen molar-refractivity contribution in [1.82, 2.24) is 9.97 Å². The minimum atomic E-state index is -1.03. The molecule has 4 nitrogen and oxygen atoms in total. The fourth-order valence-corrected chi connectivity index (χ4v) is 4.59. The van der Waals surface area contributed by atoms with Gasteiger partial charge in [0.1, 0.15) is 11.5 Å². The number of benzene rings is 2. The number of allylic oxidation sites excluding steroid dienone is 1. The Hall–Kier alpha value is -3.60. The fraction of sp³-hybridized carbons (Fsp3) is 0.160. The summed E-state index contributed by atoms with van der Waals surface area (Å²) in [5, 5.41) is 10.9. The van der Waals surface area contributed by atoms with Gasteiger partial charge in [0.2, 0.25) is 0 Å². The second kappa shape index (κ2) is 6.73. The van der Waals surface area contributed by atoms with Crippen LogP contribution in [-0.4, -0.2) is 21.0 Å². The summed E-state index contributed by atoms with van der Waals surface area (Å²) < 4.78 is 14.4. The topological polar surface area (TPSA) is 68.9 Å². The predicted octanol–water partition coefficient (Wildman–Crippen LogP) is 6.36. The molecule has 2 heterocycles. The monoisotopic (exact) mass is 400 g/mol. The van der Waals surface area contributed by atoms with Crippen LogP contribution in [0.4, 0.5) is 4.39 Å². The van der Waals surface area contributed by atoms with E-state index in [-0.39, 0.29) is 17.4 Å². The number of carbonyl (C=O) groups is 1. The van der Waals surface area contributed by atoms with Crippen molar-refractivity contribution in [2.45, 2.75) is 26.2 Å². The van der Waals surface area contributed by atoms with Crippen molar-refractivity contribution in [2.24, 2.45) is 0 Å². The molecule has 0 fully saturated rings. The lowest BCUT2D eigenvalue weighted by molar-refractivity contribution is 0.0692. The third kappa shape index (κ3) is 2.70. The molecule has 1 aliphatic carbocycles. The molecular formula is C25H21FN2O2. The number of aromatic amines is 2. The highest BCUT2D eigenvalue weighted by atomic mass is 19.1. The Morgan fingerprint density at radius 1 is 1.17 bits per heavy atom. The van der Waals surface area contributed by atoms with Gasteiger partial charge in [-0.1, -0.05) is 44.2 Å². The predicted molar refractivity (Wildman–Crippen MR) is 117 cm³/mol. The summed E-state index contributed by atoms with van der Waals surface area (Å²) >= 11 is 0. The second-order valence-corrected chi connectivity index (χ2v) is 8.00. The molecule has 5 rings (SSSR count). The molecule has 0 radical (unpaired) electrons. The molecule has 0 saturated heterocycles. The third-order valence-electron chi connectivity index (χ3n) is 5.82. The zero-order valence-corrected chi connectivity index (χ0v) is 16.7. The van der Waals surface area contributed by atoms with Crippen LogP contribution in [0.3, 0.4) is 0 Å². The van der Waals surface area contributed by atoms with Gasteiger partial charge in [-0.3, -0.25) is 0 Å². The first-order valence-electron chi connectivity index (χ1n) is 10.0. The Morgan fingerprint density at radius 2 is 2.00 bits per heavy atom. The van der Waals surface area contributed by atoms with Crippen LogP contribution in [0.1, 0.15) is 46.9 Å².